The molecule has 2 rings (SSSR count). The second-order valence-electron chi connectivity index (χ2n) is 4.35. The van der Waals surface area contributed by atoms with Crippen LogP contribution in [-0.4, -0.2) is 38.0 Å². The summed E-state index contributed by atoms with van der Waals surface area (Å²) in [7, 11) is 1.60. The molecule has 104 valence electrons. The van der Waals surface area contributed by atoms with Crippen molar-refractivity contribution < 1.29 is 9.72 Å². The number of non-ortho nitro benzene ring substituents is 1. The van der Waals surface area contributed by atoms with Crippen LogP contribution in [0.15, 0.2) is 24.5 Å². The SMILES string of the molecule is Cc1ccc([N+](=O)[O-])cc1C(=O)N(C)Cc1ncn[nH]1. The minimum Gasteiger partial charge on any atom is -0.334 e. The van der Waals surface area contributed by atoms with Crippen LogP contribution in [0.5, 0.6) is 0 Å². The van der Waals surface area contributed by atoms with E-state index in [1.54, 1.807) is 20.0 Å². The van der Waals surface area contributed by atoms with Crippen molar-refractivity contribution in [2.75, 3.05) is 7.05 Å². The van der Waals surface area contributed by atoms with Gasteiger partial charge >= 0.3 is 0 Å². The first-order valence-electron chi connectivity index (χ1n) is 5.84. The van der Waals surface area contributed by atoms with Crippen LogP contribution in [-0.2, 0) is 6.54 Å². The van der Waals surface area contributed by atoms with Gasteiger partial charge in [0.05, 0.1) is 11.5 Å². The maximum atomic E-state index is 12.3. The lowest BCUT2D eigenvalue weighted by Crippen LogP contribution is -2.27. The number of hydrogen-bond donors (Lipinski definition) is 1. The number of hydrogen-bond acceptors (Lipinski definition) is 5. The number of aromatic amines is 1. The van der Waals surface area contributed by atoms with Crippen LogP contribution in [0.1, 0.15) is 21.7 Å². The first-order chi connectivity index (χ1) is 9.49. The number of nitro groups is 1. The van der Waals surface area contributed by atoms with Crippen LogP contribution in [0.25, 0.3) is 0 Å². The highest BCUT2D eigenvalue weighted by Gasteiger charge is 2.18. The number of nitrogens with one attached hydrogen (secondary N) is 1. The molecule has 0 saturated heterocycles. The van der Waals surface area contributed by atoms with Gasteiger partial charge in [-0.05, 0) is 12.5 Å². The molecule has 8 nitrogen and oxygen atoms in total. The highest BCUT2D eigenvalue weighted by Crippen LogP contribution is 2.19. The smallest absolute Gasteiger partial charge is 0.270 e. The lowest BCUT2D eigenvalue weighted by molar-refractivity contribution is -0.384. The van der Waals surface area contributed by atoms with E-state index >= 15 is 0 Å². The molecule has 8 heteroatoms. The van der Waals surface area contributed by atoms with Crippen LogP contribution < -0.4 is 0 Å². The Morgan fingerprint density at radius 3 is 2.85 bits per heavy atom. The Balaban J connectivity index is 2.23. The first-order valence-corrected chi connectivity index (χ1v) is 5.84. The predicted molar refractivity (Wildman–Crippen MR) is 70.0 cm³/mol. The van der Waals surface area contributed by atoms with E-state index in [-0.39, 0.29) is 18.1 Å². The fraction of sp³-hybridized carbons (Fsp3) is 0.250. The third-order valence-corrected chi connectivity index (χ3v) is 2.86. The van der Waals surface area contributed by atoms with E-state index in [0.717, 1.165) is 0 Å². The zero-order valence-corrected chi connectivity index (χ0v) is 11.0. The Labute approximate surface area is 114 Å². The Morgan fingerprint density at radius 1 is 1.50 bits per heavy atom. The Bertz CT molecular complexity index is 639. The molecular weight excluding hydrogens is 262 g/mol. The maximum Gasteiger partial charge on any atom is 0.270 e. The van der Waals surface area contributed by atoms with Gasteiger partial charge in [0.1, 0.15) is 12.2 Å². The summed E-state index contributed by atoms with van der Waals surface area (Å²) in [4.78, 5) is 27.9. The summed E-state index contributed by atoms with van der Waals surface area (Å²) in [5, 5.41) is 17.1. The molecule has 0 fully saturated rings. The summed E-state index contributed by atoms with van der Waals surface area (Å²) in [6, 6.07) is 4.23. The van der Waals surface area contributed by atoms with Gasteiger partial charge in [-0.3, -0.25) is 20.0 Å². The molecule has 0 aliphatic heterocycles. The molecular formula is C12H13N5O3. The van der Waals surface area contributed by atoms with E-state index in [2.05, 4.69) is 15.2 Å². The van der Waals surface area contributed by atoms with Crippen LogP contribution in [0.4, 0.5) is 5.69 Å². The van der Waals surface area contributed by atoms with Crippen molar-refractivity contribution in [2.24, 2.45) is 0 Å². The summed E-state index contributed by atoms with van der Waals surface area (Å²) in [5.41, 5.74) is 0.887. The normalized spacial score (nSPS) is 10.3. The number of carbonyl (C=O) groups excluding carboxylic acids is 1. The highest BCUT2D eigenvalue weighted by molar-refractivity contribution is 5.96. The molecule has 1 N–H and O–H groups in total. The molecule has 1 aromatic heterocycles. The minimum atomic E-state index is -0.521. The number of nitrogens with zero attached hydrogens (tertiary/aromatic N) is 4. The Kier molecular flexibility index (Phi) is 3.74. The van der Waals surface area contributed by atoms with Gasteiger partial charge < -0.3 is 4.90 Å². The van der Waals surface area contributed by atoms with Crippen molar-refractivity contribution >= 4 is 11.6 Å². The number of amides is 1. The van der Waals surface area contributed by atoms with Gasteiger partial charge in [0.15, 0.2) is 0 Å². The lowest BCUT2D eigenvalue weighted by atomic mass is 10.1. The third-order valence-electron chi connectivity index (χ3n) is 2.86. The van der Waals surface area contributed by atoms with Crippen molar-refractivity contribution in [3.05, 3.63) is 51.6 Å². The zero-order valence-electron chi connectivity index (χ0n) is 11.0. The molecule has 2 aromatic rings. The number of rotatable bonds is 4. The van der Waals surface area contributed by atoms with E-state index < -0.39 is 4.92 Å². The second-order valence-corrected chi connectivity index (χ2v) is 4.35. The Morgan fingerprint density at radius 2 is 2.25 bits per heavy atom. The second kappa shape index (κ2) is 5.47. The molecule has 0 unspecified atom stereocenters. The molecule has 0 atom stereocenters. The van der Waals surface area contributed by atoms with Crippen molar-refractivity contribution in [2.45, 2.75) is 13.5 Å². The van der Waals surface area contributed by atoms with E-state index in [9.17, 15) is 14.9 Å². The van der Waals surface area contributed by atoms with Gasteiger partial charge in [0.2, 0.25) is 0 Å². The fourth-order valence-corrected chi connectivity index (χ4v) is 1.76. The van der Waals surface area contributed by atoms with Crippen LogP contribution in [0.2, 0.25) is 0 Å². The number of H-pyrrole nitrogens is 1. The molecule has 1 heterocycles. The number of benzene rings is 1. The summed E-state index contributed by atoms with van der Waals surface area (Å²) in [6.45, 7) is 1.99. The molecule has 0 spiro atoms. The lowest BCUT2D eigenvalue weighted by Gasteiger charge is -2.16. The van der Waals surface area contributed by atoms with Crippen LogP contribution >= 0.6 is 0 Å². The summed E-state index contributed by atoms with van der Waals surface area (Å²) in [5.74, 6) is 0.242. The number of nitro benzene ring substituents is 1. The van der Waals surface area contributed by atoms with E-state index in [4.69, 9.17) is 0 Å². The number of aryl methyl sites for hydroxylation is 1. The van der Waals surface area contributed by atoms with E-state index in [0.29, 0.717) is 17.0 Å². The average Bonchev–Trinajstić information content (AvgIpc) is 2.91. The maximum absolute atomic E-state index is 12.3. The van der Waals surface area contributed by atoms with Gasteiger partial charge in [-0.15, -0.1) is 0 Å². The zero-order chi connectivity index (χ0) is 14.7. The largest absolute Gasteiger partial charge is 0.334 e. The van der Waals surface area contributed by atoms with Crippen molar-refractivity contribution in [1.82, 2.24) is 20.1 Å². The van der Waals surface area contributed by atoms with Crippen molar-refractivity contribution in [3.8, 4) is 0 Å². The van der Waals surface area contributed by atoms with Crippen molar-refractivity contribution in [3.63, 3.8) is 0 Å². The molecule has 0 aliphatic rings. The molecule has 1 amide bonds. The number of carbonyl (C=O) groups is 1. The highest BCUT2D eigenvalue weighted by atomic mass is 16.6. The fourth-order valence-electron chi connectivity index (χ4n) is 1.76. The molecule has 1 aromatic carbocycles. The van der Waals surface area contributed by atoms with E-state index in [1.807, 2.05) is 0 Å². The number of aromatic nitrogens is 3. The molecule has 20 heavy (non-hydrogen) atoms. The van der Waals surface area contributed by atoms with Gasteiger partial charge in [0, 0.05) is 24.7 Å². The monoisotopic (exact) mass is 275 g/mol. The predicted octanol–water partition coefficient (Wildman–Crippen LogP) is 1.29. The minimum absolute atomic E-state index is 0.105. The van der Waals surface area contributed by atoms with Crippen LogP contribution in [0, 0.1) is 17.0 Å². The van der Waals surface area contributed by atoms with Crippen LogP contribution in [0.3, 0.4) is 0 Å². The molecule has 0 aliphatic carbocycles. The quantitative estimate of drug-likeness (QED) is 0.668. The van der Waals surface area contributed by atoms with Gasteiger partial charge in [-0.1, -0.05) is 6.07 Å². The molecule has 0 radical (unpaired) electrons. The third kappa shape index (κ3) is 2.79. The Hall–Kier alpha value is -2.77. The standard InChI is InChI=1S/C12H13N5O3/c1-8-3-4-9(17(19)20)5-10(8)12(18)16(2)6-11-13-7-14-15-11/h3-5,7H,6H2,1-2H3,(H,13,14,15). The summed E-state index contributed by atoms with van der Waals surface area (Å²) < 4.78 is 0. The van der Waals surface area contributed by atoms with Gasteiger partial charge in [-0.2, -0.15) is 5.10 Å². The average molecular weight is 275 g/mol. The van der Waals surface area contributed by atoms with Gasteiger partial charge in [-0.25, -0.2) is 4.98 Å². The van der Waals surface area contributed by atoms with Crippen molar-refractivity contribution in [1.29, 1.82) is 0 Å². The topological polar surface area (TPSA) is 105 Å². The summed E-state index contributed by atoms with van der Waals surface area (Å²) in [6.07, 6.45) is 1.35. The van der Waals surface area contributed by atoms with Gasteiger partial charge in [0.25, 0.3) is 11.6 Å². The molecule has 0 bridgehead atoms. The van der Waals surface area contributed by atoms with E-state index in [1.165, 1.54) is 23.4 Å². The summed E-state index contributed by atoms with van der Waals surface area (Å²) >= 11 is 0. The molecule has 0 saturated carbocycles. The first kappa shape index (κ1) is 13.7.